The molecule has 38 heavy (non-hydrogen) atoms. The van der Waals surface area contributed by atoms with Crippen LogP contribution in [0.15, 0.2) is 42.5 Å². The monoisotopic (exact) mass is 520 g/mol. The van der Waals surface area contributed by atoms with Crippen LogP contribution in [-0.2, 0) is 4.79 Å². The van der Waals surface area contributed by atoms with Crippen molar-refractivity contribution in [3.63, 3.8) is 0 Å². The minimum absolute atomic E-state index is 0.0917. The van der Waals surface area contributed by atoms with Crippen molar-refractivity contribution in [3.05, 3.63) is 63.7 Å². The van der Waals surface area contributed by atoms with Gasteiger partial charge in [0.25, 0.3) is 17.5 Å². The number of piperazine rings is 1. The van der Waals surface area contributed by atoms with Crippen LogP contribution in [0.5, 0.6) is 0 Å². The fourth-order valence-corrected chi connectivity index (χ4v) is 4.96. The minimum atomic E-state index is -0.513. The Morgan fingerprint density at radius 1 is 0.868 bits per heavy atom. The summed E-state index contributed by atoms with van der Waals surface area (Å²) in [5.74, 6) is -0.111. The predicted molar refractivity (Wildman–Crippen MR) is 142 cm³/mol. The number of carbonyl (C=O) groups excluding carboxylic acids is 3. The van der Waals surface area contributed by atoms with E-state index in [4.69, 9.17) is 0 Å². The number of hydrogen-bond donors (Lipinski definition) is 2. The molecule has 2 N–H and O–H groups in total. The van der Waals surface area contributed by atoms with E-state index < -0.39 is 10.8 Å². The van der Waals surface area contributed by atoms with E-state index in [0.29, 0.717) is 50.5 Å². The third-order valence-electron chi connectivity index (χ3n) is 7.32. The van der Waals surface area contributed by atoms with Crippen LogP contribution in [0.2, 0.25) is 0 Å². The molecule has 2 heterocycles. The molecule has 0 unspecified atom stereocenters. The van der Waals surface area contributed by atoms with Gasteiger partial charge in [0.1, 0.15) is 0 Å². The molecule has 1 aliphatic carbocycles. The zero-order chi connectivity index (χ0) is 26.6. The van der Waals surface area contributed by atoms with Crippen molar-refractivity contribution in [1.29, 1.82) is 0 Å². The lowest BCUT2D eigenvalue weighted by atomic mass is 10.1. The highest BCUT2D eigenvalue weighted by atomic mass is 16.6. The number of anilines is 2. The first-order valence-electron chi connectivity index (χ1n) is 13.1. The minimum Gasteiger partial charge on any atom is -0.366 e. The molecule has 2 aliphatic heterocycles. The molecule has 3 aliphatic rings. The van der Waals surface area contributed by atoms with Gasteiger partial charge in [-0.25, -0.2) is 0 Å². The second-order valence-corrected chi connectivity index (χ2v) is 9.97. The summed E-state index contributed by atoms with van der Waals surface area (Å²) in [5.41, 5.74) is 1.93. The maximum absolute atomic E-state index is 13.3. The summed E-state index contributed by atoms with van der Waals surface area (Å²) in [7, 11) is 0. The van der Waals surface area contributed by atoms with Gasteiger partial charge in [-0.2, -0.15) is 0 Å². The Hall–Kier alpha value is -3.99. The number of amides is 3. The van der Waals surface area contributed by atoms with Gasteiger partial charge in [0.15, 0.2) is 0 Å². The molecule has 5 rings (SSSR count). The number of hydrogen-bond acceptors (Lipinski definition) is 7. The van der Waals surface area contributed by atoms with Gasteiger partial charge in [-0.05, 0) is 56.1 Å². The molecule has 3 fully saturated rings. The molecule has 3 amide bonds. The number of benzene rings is 2. The average molecular weight is 521 g/mol. The Morgan fingerprint density at radius 3 is 2.26 bits per heavy atom. The molecular weight excluding hydrogens is 488 g/mol. The van der Waals surface area contributed by atoms with Crippen molar-refractivity contribution < 1.29 is 19.3 Å². The van der Waals surface area contributed by atoms with Crippen molar-refractivity contribution >= 4 is 34.8 Å². The third-order valence-corrected chi connectivity index (χ3v) is 7.32. The maximum atomic E-state index is 13.3. The highest BCUT2D eigenvalue weighted by Crippen LogP contribution is 2.33. The smallest absolute Gasteiger partial charge is 0.269 e. The van der Waals surface area contributed by atoms with Gasteiger partial charge in [-0.1, -0.05) is 0 Å². The number of nitrogens with zero attached hydrogens (tertiary/aromatic N) is 4. The molecule has 11 nitrogen and oxygen atoms in total. The molecule has 2 aromatic carbocycles. The van der Waals surface area contributed by atoms with Gasteiger partial charge >= 0.3 is 0 Å². The van der Waals surface area contributed by atoms with Crippen molar-refractivity contribution in [2.24, 2.45) is 5.92 Å². The fourth-order valence-electron chi connectivity index (χ4n) is 4.96. The first-order chi connectivity index (χ1) is 18.4. The van der Waals surface area contributed by atoms with Gasteiger partial charge in [0.05, 0.1) is 16.3 Å². The first kappa shape index (κ1) is 25.7. The van der Waals surface area contributed by atoms with Gasteiger partial charge < -0.3 is 25.3 Å². The van der Waals surface area contributed by atoms with Crippen molar-refractivity contribution in [1.82, 2.24) is 15.1 Å². The van der Waals surface area contributed by atoms with Gasteiger partial charge in [0, 0.05) is 75.0 Å². The normalized spacial score (nSPS) is 18.1. The lowest BCUT2D eigenvalue weighted by Crippen LogP contribution is -2.49. The zero-order valence-corrected chi connectivity index (χ0v) is 21.2. The highest BCUT2D eigenvalue weighted by Gasteiger charge is 2.35. The van der Waals surface area contributed by atoms with Gasteiger partial charge in [-0.15, -0.1) is 0 Å². The van der Waals surface area contributed by atoms with E-state index >= 15 is 0 Å². The number of rotatable bonds is 6. The molecule has 0 aromatic heterocycles. The third kappa shape index (κ3) is 5.77. The lowest BCUT2D eigenvalue weighted by molar-refractivity contribution is -0.384. The molecule has 0 radical (unpaired) electrons. The van der Waals surface area contributed by atoms with Crippen LogP contribution >= 0.6 is 0 Å². The molecule has 2 saturated heterocycles. The molecule has 0 spiro atoms. The number of nitro benzene ring substituents is 1. The van der Waals surface area contributed by atoms with Crippen LogP contribution in [0.3, 0.4) is 0 Å². The first-order valence-corrected chi connectivity index (χ1v) is 13.1. The summed E-state index contributed by atoms with van der Waals surface area (Å²) in [4.78, 5) is 55.2. The van der Waals surface area contributed by atoms with Gasteiger partial charge in [0.2, 0.25) is 5.91 Å². The number of carbonyl (C=O) groups is 3. The van der Waals surface area contributed by atoms with E-state index in [2.05, 4.69) is 15.5 Å². The Morgan fingerprint density at radius 2 is 1.58 bits per heavy atom. The highest BCUT2D eigenvalue weighted by molar-refractivity contribution is 6.07. The lowest BCUT2D eigenvalue weighted by Gasteiger charge is -2.37. The standard InChI is InChI=1S/C27H32N6O5/c34-25(19-4-7-22(8-5-19)33(37)38)29-23-18-21(27(36)31-12-1-10-28-11-13-31)6-9-24(23)30-14-16-32(17-15-30)26(35)20-2-3-20/h4-9,18,20,28H,1-3,10-17H2,(H,29,34). The summed E-state index contributed by atoms with van der Waals surface area (Å²) < 4.78 is 0. The predicted octanol–water partition coefficient (Wildman–Crippen LogP) is 2.34. The van der Waals surface area contributed by atoms with Crippen LogP contribution in [0.4, 0.5) is 17.1 Å². The number of nitro groups is 1. The maximum Gasteiger partial charge on any atom is 0.269 e. The van der Waals surface area contributed by atoms with E-state index in [1.54, 1.807) is 12.1 Å². The Labute approximate surface area is 220 Å². The Bertz CT molecular complexity index is 1210. The quantitative estimate of drug-likeness (QED) is 0.442. The summed E-state index contributed by atoms with van der Waals surface area (Å²) in [5, 5.41) is 17.2. The van der Waals surface area contributed by atoms with E-state index in [9.17, 15) is 24.5 Å². The van der Waals surface area contributed by atoms with Crippen LogP contribution < -0.4 is 15.5 Å². The summed E-state index contributed by atoms with van der Waals surface area (Å²) >= 11 is 0. The summed E-state index contributed by atoms with van der Waals surface area (Å²) in [6.07, 6.45) is 2.82. The van der Waals surface area contributed by atoms with Crippen molar-refractivity contribution in [2.45, 2.75) is 19.3 Å². The topological polar surface area (TPSA) is 128 Å². The van der Waals surface area contributed by atoms with E-state index in [0.717, 1.165) is 38.0 Å². The molecule has 11 heteroatoms. The number of non-ortho nitro benzene ring substituents is 1. The van der Waals surface area contributed by atoms with Crippen LogP contribution in [0.1, 0.15) is 40.0 Å². The summed E-state index contributed by atoms with van der Waals surface area (Å²) in [6.45, 7) is 5.32. The largest absolute Gasteiger partial charge is 0.366 e. The molecule has 200 valence electrons. The van der Waals surface area contributed by atoms with Crippen LogP contribution in [-0.4, -0.2) is 84.8 Å². The molecule has 1 saturated carbocycles. The SMILES string of the molecule is O=C(Nc1cc(C(=O)N2CCCNCC2)ccc1N1CCN(C(=O)C2CC2)CC1)c1ccc([N+](=O)[O-])cc1. The number of nitrogens with one attached hydrogen (secondary N) is 2. The second-order valence-electron chi connectivity index (χ2n) is 9.97. The second kappa shape index (κ2) is 11.2. The van der Waals surface area contributed by atoms with E-state index in [-0.39, 0.29) is 29.0 Å². The molecule has 2 aromatic rings. The van der Waals surface area contributed by atoms with Crippen LogP contribution in [0, 0.1) is 16.0 Å². The van der Waals surface area contributed by atoms with Gasteiger partial charge in [-0.3, -0.25) is 24.5 Å². The van der Waals surface area contributed by atoms with E-state index in [1.807, 2.05) is 15.9 Å². The molecular formula is C27H32N6O5. The van der Waals surface area contributed by atoms with Crippen molar-refractivity contribution in [3.8, 4) is 0 Å². The average Bonchev–Trinajstić information content (AvgIpc) is 3.80. The Kier molecular flexibility index (Phi) is 7.54. The Balaban J connectivity index is 1.38. The van der Waals surface area contributed by atoms with E-state index in [1.165, 1.54) is 24.3 Å². The molecule has 0 atom stereocenters. The fraction of sp³-hybridized carbons (Fsp3) is 0.444. The van der Waals surface area contributed by atoms with Crippen LogP contribution in [0.25, 0.3) is 0 Å². The molecule has 0 bridgehead atoms. The summed E-state index contributed by atoms with van der Waals surface area (Å²) in [6, 6.07) is 10.8. The zero-order valence-electron chi connectivity index (χ0n) is 21.2. The van der Waals surface area contributed by atoms with Crippen molar-refractivity contribution in [2.75, 3.05) is 62.6 Å².